The first kappa shape index (κ1) is 113. The number of carboxylic acids is 1. The number of carbonyl (C=O) groups is 7. The number of amides is 6. The molecule has 0 aliphatic carbocycles. The predicted octanol–water partition coefficient (Wildman–Crippen LogP) is -23.1. The number of aliphatic hydroxyl groups is 28. The lowest BCUT2D eigenvalue weighted by molar-refractivity contribution is -0.407. The molecule has 60 heteroatoms. The van der Waals surface area contributed by atoms with E-state index in [2.05, 4.69) is 31.9 Å². The van der Waals surface area contributed by atoms with Crippen molar-refractivity contribution in [3.63, 3.8) is 0 Å². The Kier molecular flexibility index (Phi) is 41.8. The van der Waals surface area contributed by atoms with Gasteiger partial charge in [-0.3, -0.25) is 28.8 Å². The van der Waals surface area contributed by atoms with Crippen LogP contribution < -0.4 is 31.9 Å². The van der Waals surface area contributed by atoms with Gasteiger partial charge in [0, 0.05) is 48.0 Å². The van der Waals surface area contributed by atoms with Crippen molar-refractivity contribution in [3.8, 4) is 0 Å². The van der Waals surface area contributed by atoms with E-state index >= 15 is 0 Å². The average Bonchev–Trinajstić information content (AvgIpc) is 0.749. The van der Waals surface area contributed by atoms with Crippen LogP contribution in [0.4, 0.5) is 0 Å². The lowest BCUT2D eigenvalue weighted by Crippen LogP contribution is -2.71. The second kappa shape index (κ2) is 49.9. The molecule has 35 N–H and O–H groups in total. The van der Waals surface area contributed by atoms with E-state index < -0.39 is 427 Å². The van der Waals surface area contributed by atoms with E-state index in [1.165, 1.54) is 0 Å². The zero-order valence-corrected chi connectivity index (χ0v) is 73.0. The second-order valence-corrected chi connectivity index (χ2v) is 33.6. The van der Waals surface area contributed by atoms with Crippen LogP contribution in [0.5, 0.6) is 0 Å². The van der Waals surface area contributed by atoms with Crippen molar-refractivity contribution < 1.29 is 267 Å². The minimum absolute atomic E-state index is 0.844. The molecule has 9 saturated heterocycles. The summed E-state index contributed by atoms with van der Waals surface area (Å²) >= 11 is 0. The average molecular weight is 1980 g/mol. The molecule has 9 rings (SSSR count). The quantitative estimate of drug-likeness (QED) is 0.0270. The Morgan fingerprint density at radius 3 is 1.09 bits per heavy atom. The lowest BCUT2D eigenvalue weighted by atomic mass is 9.88. The molecular formula is C75H126N6O54. The van der Waals surface area contributed by atoms with Gasteiger partial charge >= 0.3 is 5.97 Å². The number of carbonyl (C=O) groups excluding carboxylic acids is 6. The normalized spacial score (nSPS) is 43.9. The van der Waals surface area contributed by atoms with Crippen LogP contribution in [0.3, 0.4) is 0 Å². The summed E-state index contributed by atoms with van der Waals surface area (Å²) in [5, 5.41) is 341. The zero-order valence-electron chi connectivity index (χ0n) is 73.0. The maximum atomic E-state index is 13.4. The Morgan fingerprint density at radius 1 is 0.333 bits per heavy atom. The van der Waals surface area contributed by atoms with E-state index in [4.69, 9.17) is 85.3 Å². The van der Waals surface area contributed by atoms with Gasteiger partial charge in [0.25, 0.3) is 5.79 Å². The van der Waals surface area contributed by atoms with Gasteiger partial charge in [0.1, 0.15) is 232 Å². The molecule has 0 spiro atoms. The molecule has 6 amide bonds. The third kappa shape index (κ3) is 26.1. The first-order valence-electron chi connectivity index (χ1n) is 42.7. The van der Waals surface area contributed by atoms with Crippen molar-refractivity contribution in [2.24, 2.45) is 0 Å². The molecule has 9 aliphatic rings. The molecule has 60 nitrogen and oxygen atoms in total. The van der Waals surface area contributed by atoms with Gasteiger partial charge in [-0.1, -0.05) is 0 Å². The topological polar surface area (TPSA) is 944 Å². The molecule has 0 aromatic heterocycles. The Morgan fingerprint density at radius 2 is 0.674 bits per heavy atom. The summed E-state index contributed by atoms with van der Waals surface area (Å²) in [4.78, 5) is 90.4. The first-order chi connectivity index (χ1) is 63.7. The fraction of sp³-hybridized carbons (Fsp3) is 0.907. The number of nitrogens with one attached hydrogen (secondary N) is 6. The van der Waals surface area contributed by atoms with Crippen molar-refractivity contribution in [3.05, 3.63) is 0 Å². The fourth-order valence-corrected chi connectivity index (χ4v) is 17.0. The molecule has 0 saturated carbocycles. The lowest BCUT2D eigenvalue weighted by Gasteiger charge is -2.52. The molecule has 0 bridgehead atoms. The van der Waals surface area contributed by atoms with E-state index in [1.54, 1.807) is 0 Å². The van der Waals surface area contributed by atoms with Crippen LogP contribution in [0, 0.1) is 0 Å². The number of hydrogen-bond donors (Lipinski definition) is 35. The van der Waals surface area contributed by atoms with Gasteiger partial charge in [-0.2, -0.15) is 0 Å². The number of hydrogen-bond acceptors (Lipinski definition) is 53. The Labute approximate surface area is 764 Å². The maximum Gasteiger partial charge on any atom is 0.364 e. The van der Waals surface area contributed by atoms with Crippen LogP contribution in [0.1, 0.15) is 48.0 Å². The van der Waals surface area contributed by atoms with Crippen LogP contribution in [0.2, 0.25) is 0 Å². The van der Waals surface area contributed by atoms with Gasteiger partial charge in [0.05, 0.1) is 90.9 Å². The standard InChI is InChI=1S/C75H126N6O54/c1-19(92)76-25(8-82)42(101)57(28(100)10-84)127-68-40(80-23(5)96)51(110)59(34(16-90)124-68)129-71-56(115)63(131-73-65(54(113)47(106)32(14-88)123-73)133-67-39(79-22(4)95)50(109)45(104)30(12-86)120-67)60(130-66-38(78-21(3)94)49(108)44(103)29(11-85)119-66)36(126-71)18-118-72-64(53(112)46(105)31(13-87)122-72)132-69-41(81-24(6)97)52(111)58(35(17-91)125-69)128-70-55(114)62(48(107)33(15-89)121-70)135-75(74(116)117)7-26(98)37(77-20(2)93)61(134-75)43(102)27(99)9-83/h25-73,82-91,98-115H,7-18H2,1-6H3,(H,76,92)(H,77,93)(H,78,94)(H,79,95)(H,80,96)(H,81,97)(H,116,117)/t25-,26-,27+,28+,29+,30+,31+,32+,33+,34+,35+,36+,37+,38+,39+,40+,41+,42+,43+,44+,45+,46+,47+,48-,49+,50+,51+,52+,53-,54-,55+,56-,57+,58+,59+,60+,61+,62-,63+,64-,65-,66-,67-,68-,69-,70-,71-,72-,73+,75-/m0/s1. The zero-order chi connectivity index (χ0) is 100. The molecule has 135 heavy (non-hydrogen) atoms. The SMILES string of the molecule is CC(=O)N[C@H]1[C@H](O[C@@H]([C@H](O)[C@H](CO)NC(C)=O)[C@H](O)CO)O[C@H](CO)[C@@H](O[C@@H]2O[C@H](CO[C@H]3O[C@H](CO)[C@@H](O)[C@H](O)[C@@H]3O[C@@H]3O[C@H](CO)[C@@H](O[C@@H]4O[C@H](CO)[C@H](O)[C@H](O[C@]5(C(=O)O)C[C@H](O)[C@@H](NC(C)=O)[C@H]([C@H](O)[C@H](O)CO)O5)[C@H]4O)[C@H](O)[C@H]3NC(C)=O)[C@@H](O[C@@H]3O[C@H](CO)[C@@H](O)[C@H](O)[C@H]3NC(C)=O)[C@H](O[C@H]3O[C@H](CO)[C@@H](O)[C@H](O)[C@@H]3O[C@@H]3O[C@H](CO)[C@@H](O)[C@H](O)[C@H]3NC(C)=O)[C@@H]2O)[C@@H]1O. The van der Waals surface area contributed by atoms with E-state index in [0.717, 1.165) is 41.5 Å². The molecule has 0 unspecified atom stereocenters. The minimum atomic E-state index is -3.35. The van der Waals surface area contributed by atoms with Gasteiger partial charge in [0.2, 0.25) is 35.4 Å². The highest BCUT2D eigenvalue weighted by Gasteiger charge is 2.64. The smallest absolute Gasteiger partial charge is 0.364 e. The van der Waals surface area contributed by atoms with Gasteiger partial charge < -0.3 is 265 Å². The highest BCUT2D eigenvalue weighted by Crippen LogP contribution is 2.43. The first-order valence-corrected chi connectivity index (χ1v) is 42.7. The van der Waals surface area contributed by atoms with Gasteiger partial charge in [0.15, 0.2) is 50.3 Å². The Hall–Kier alpha value is -5.55. The number of carboxylic acid groups (broad SMARTS) is 1. The van der Waals surface area contributed by atoms with Gasteiger partial charge in [-0.15, -0.1) is 0 Å². The van der Waals surface area contributed by atoms with Crippen molar-refractivity contribution in [1.29, 1.82) is 0 Å². The summed E-state index contributed by atoms with van der Waals surface area (Å²) in [6, 6.07) is -11.8. The summed E-state index contributed by atoms with van der Waals surface area (Å²) in [5.74, 6) is -11.4. The minimum Gasteiger partial charge on any atom is -0.477 e. The molecular weight excluding hydrogens is 1850 g/mol. The van der Waals surface area contributed by atoms with Crippen LogP contribution in [0.15, 0.2) is 0 Å². The molecule has 9 aliphatic heterocycles. The third-order valence-electron chi connectivity index (χ3n) is 23.9. The van der Waals surface area contributed by atoms with E-state index in [1.807, 2.05) is 0 Å². The van der Waals surface area contributed by atoms with E-state index in [-0.39, 0.29) is 0 Å². The Balaban J connectivity index is 1.14. The maximum absolute atomic E-state index is 13.4. The van der Waals surface area contributed by atoms with Crippen molar-refractivity contribution in [1.82, 2.24) is 31.9 Å². The number of rotatable bonds is 41. The number of aliphatic hydroxyl groups excluding tert-OH is 28. The predicted molar refractivity (Wildman–Crippen MR) is 419 cm³/mol. The van der Waals surface area contributed by atoms with Crippen LogP contribution in [-0.2, 0) is 119 Å². The second-order valence-electron chi connectivity index (χ2n) is 33.6. The molecule has 50 atom stereocenters. The van der Waals surface area contributed by atoms with Crippen LogP contribution >= 0.6 is 0 Å². The van der Waals surface area contributed by atoms with Gasteiger partial charge in [-0.05, 0) is 0 Å². The number of ether oxygens (including phenoxy) is 18. The van der Waals surface area contributed by atoms with E-state index in [0.29, 0.717) is 0 Å². The van der Waals surface area contributed by atoms with Gasteiger partial charge in [-0.25, -0.2) is 4.79 Å². The largest absolute Gasteiger partial charge is 0.477 e. The third-order valence-corrected chi connectivity index (χ3v) is 23.9. The van der Waals surface area contributed by atoms with Crippen LogP contribution in [0.25, 0.3) is 0 Å². The van der Waals surface area contributed by atoms with Crippen molar-refractivity contribution >= 4 is 41.4 Å². The number of aliphatic carboxylic acids is 1. The van der Waals surface area contributed by atoms with Crippen molar-refractivity contribution in [2.75, 3.05) is 72.7 Å². The van der Waals surface area contributed by atoms with Crippen molar-refractivity contribution in [2.45, 2.75) is 354 Å². The molecule has 9 heterocycles. The fourth-order valence-electron chi connectivity index (χ4n) is 17.0. The highest BCUT2D eigenvalue weighted by atomic mass is 16.8. The van der Waals surface area contributed by atoms with Crippen LogP contribution in [-0.4, -0.2) is 568 Å². The molecule has 9 fully saturated rings. The molecule has 0 aromatic carbocycles. The summed E-state index contributed by atoms with van der Waals surface area (Å²) in [6.45, 7) is -8.36. The highest BCUT2D eigenvalue weighted by molar-refractivity contribution is 5.77. The molecule has 0 aromatic rings. The Bertz CT molecular complexity index is 3760. The summed E-state index contributed by atoms with van der Waals surface area (Å²) < 4.78 is 110. The molecule has 780 valence electrons. The summed E-state index contributed by atoms with van der Waals surface area (Å²) in [5.41, 5.74) is 0. The molecule has 0 radical (unpaired) electrons. The van der Waals surface area contributed by atoms with E-state index in [9.17, 15) is 182 Å². The summed E-state index contributed by atoms with van der Waals surface area (Å²) in [7, 11) is 0. The monoisotopic (exact) mass is 1970 g/mol. The summed E-state index contributed by atoms with van der Waals surface area (Å²) in [6.07, 6.45) is -100.